The van der Waals surface area contributed by atoms with E-state index in [-0.39, 0.29) is 11.5 Å². The molecule has 0 spiro atoms. The van der Waals surface area contributed by atoms with Crippen LogP contribution in [0.2, 0.25) is 0 Å². The van der Waals surface area contributed by atoms with E-state index in [0.717, 1.165) is 42.6 Å². The first-order valence-electron chi connectivity index (χ1n) is 9.99. The Labute approximate surface area is 163 Å². The quantitative estimate of drug-likeness (QED) is 0.736. The van der Waals surface area contributed by atoms with Crippen molar-refractivity contribution in [2.45, 2.75) is 64.5 Å². The van der Waals surface area contributed by atoms with E-state index in [0.29, 0.717) is 18.8 Å². The fourth-order valence-corrected chi connectivity index (χ4v) is 5.69. The Kier molecular flexibility index (Phi) is 5.32. The molecule has 7 heteroatoms. The Bertz CT molecular complexity index is 911. The lowest BCUT2D eigenvalue weighted by Gasteiger charge is -2.22. The molecule has 1 fully saturated rings. The number of ether oxygens (including phenoxy) is 1. The molecule has 0 radical (unpaired) electrons. The summed E-state index contributed by atoms with van der Waals surface area (Å²) in [5, 5.41) is 0.738. The van der Waals surface area contributed by atoms with Crippen molar-refractivity contribution in [2.75, 3.05) is 20.2 Å². The molecule has 2 aliphatic rings. The summed E-state index contributed by atoms with van der Waals surface area (Å²) in [6, 6.07) is -0.615. The molecule has 0 N–H and O–H groups in total. The first kappa shape index (κ1) is 18.6. The first-order chi connectivity index (χ1) is 13.1. The van der Waals surface area contributed by atoms with Crippen LogP contribution in [0.1, 0.15) is 61.3 Å². The van der Waals surface area contributed by atoms with Gasteiger partial charge in [-0.2, -0.15) is 0 Å². The van der Waals surface area contributed by atoms with Gasteiger partial charge in [-0.15, -0.1) is 11.3 Å². The number of aryl methyl sites for hydroxylation is 2. The second-order valence-electron chi connectivity index (χ2n) is 7.52. The Morgan fingerprint density at radius 1 is 1.22 bits per heavy atom. The lowest BCUT2D eigenvalue weighted by molar-refractivity contribution is -0.144. The predicted octanol–water partition coefficient (Wildman–Crippen LogP) is 3.06. The van der Waals surface area contributed by atoms with Crippen molar-refractivity contribution in [1.29, 1.82) is 0 Å². The highest BCUT2D eigenvalue weighted by Gasteiger charge is 2.29. The summed E-state index contributed by atoms with van der Waals surface area (Å²) in [6.07, 6.45) is 7.12. The molecule has 1 saturated heterocycles. The van der Waals surface area contributed by atoms with E-state index < -0.39 is 6.04 Å². The van der Waals surface area contributed by atoms with E-state index >= 15 is 0 Å². The molecule has 0 aromatic carbocycles. The second-order valence-corrected chi connectivity index (χ2v) is 8.61. The van der Waals surface area contributed by atoms with Gasteiger partial charge in [-0.05, 0) is 63.6 Å². The summed E-state index contributed by atoms with van der Waals surface area (Å²) in [5.74, 6) is 0.331. The lowest BCUT2D eigenvalue weighted by Crippen LogP contribution is -2.36. The minimum atomic E-state index is -0.615. The molecule has 2 aromatic rings. The van der Waals surface area contributed by atoms with Gasteiger partial charge in [-0.3, -0.25) is 14.3 Å². The summed E-state index contributed by atoms with van der Waals surface area (Å²) in [6.45, 7) is 4.57. The Balaban J connectivity index is 1.91. The van der Waals surface area contributed by atoms with Gasteiger partial charge in [-0.25, -0.2) is 9.78 Å². The Hall–Kier alpha value is -1.73. The molecule has 2 aromatic heterocycles. The largest absolute Gasteiger partial charge is 0.467 e. The van der Waals surface area contributed by atoms with Gasteiger partial charge < -0.3 is 4.74 Å². The number of fused-ring (bicyclic) bond motifs is 3. The first-order valence-corrected chi connectivity index (χ1v) is 10.8. The van der Waals surface area contributed by atoms with Gasteiger partial charge >= 0.3 is 5.97 Å². The summed E-state index contributed by atoms with van der Waals surface area (Å²) in [4.78, 5) is 35.4. The van der Waals surface area contributed by atoms with Crippen LogP contribution >= 0.6 is 11.3 Å². The van der Waals surface area contributed by atoms with Crippen LogP contribution in [0.15, 0.2) is 4.79 Å². The van der Waals surface area contributed by atoms with Crippen molar-refractivity contribution >= 4 is 27.5 Å². The fraction of sp³-hybridized carbons (Fsp3) is 0.650. The van der Waals surface area contributed by atoms with E-state index in [1.807, 2.05) is 6.92 Å². The number of methoxy groups -OCH3 is 1. The van der Waals surface area contributed by atoms with Gasteiger partial charge in [0.1, 0.15) is 16.7 Å². The number of carbonyl (C=O) groups excluding carboxylic acids is 1. The van der Waals surface area contributed by atoms with E-state index in [9.17, 15) is 9.59 Å². The summed E-state index contributed by atoms with van der Waals surface area (Å²) < 4.78 is 6.64. The molecule has 1 aliphatic heterocycles. The van der Waals surface area contributed by atoms with Crippen molar-refractivity contribution in [3.05, 3.63) is 26.6 Å². The molecule has 1 aliphatic carbocycles. The van der Waals surface area contributed by atoms with Crippen LogP contribution in [0.5, 0.6) is 0 Å². The Morgan fingerprint density at radius 3 is 2.67 bits per heavy atom. The molecule has 0 bridgehead atoms. The van der Waals surface area contributed by atoms with Gasteiger partial charge in [0.2, 0.25) is 0 Å². The molecule has 0 amide bonds. The van der Waals surface area contributed by atoms with E-state index in [1.165, 1.54) is 36.8 Å². The zero-order chi connectivity index (χ0) is 19.0. The van der Waals surface area contributed by atoms with Gasteiger partial charge in [0, 0.05) is 4.88 Å². The third-order valence-corrected chi connectivity index (χ3v) is 7.02. The van der Waals surface area contributed by atoms with Crippen LogP contribution in [0.4, 0.5) is 0 Å². The standard InChI is InChI=1S/C20H27N3O3S/c1-3-14(20(25)26-2)23-16(12-22-10-6-7-11-22)21-18-17(19(23)24)13-8-4-5-9-15(13)27-18/h14H,3-12H2,1-2H3. The van der Waals surface area contributed by atoms with Crippen LogP contribution < -0.4 is 5.56 Å². The highest BCUT2D eigenvalue weighted by Crippen LogP contribution is 2.34. The molecule has 0 saturated carbocycles. The molecular weight excluding hydrogens is 362 g/mol. The molecule has 4 rings (SSSR count). The van der Waals surface area contributed by atoms with Crippen molar-refractivity contribution in [3.8, 4) is 0 Å². The highest BCUT2D eigenvalue weighted by molar-refractivity contribution is 7.18. The van der Waals surface area contributed by atoms with E-state index in [2.05, 4.69) is 4.90 Å². The van der Waals surface area contributed by atoms with Gasteiger partial charge in [0.15, 0.2) is 0 Å². The normalized spacial score (nSPS) is 18.6. The highest BCUT2D eigenvalue weighted by atomic mass is 32.1. The topological polar surface area (TPSA) is 64.4 Å². The van der Waals surface area contributed by atoms with Crippen LogP contribution in [0, 0.1) is 0 Å². The average Bonchev–Trinajstić information content (AvgIpc) is 3.31. The fourth-order valence-electron chi connectivity index (χ4n) is 4.42. The maximum absolute atomic E-state index is 13.6. The molecule has 27 heavy (non-hydrogen) atoms. The van der Waals surface area contributed by atoms with Crippen LogP contribution in [0.25, 0.3) is 10.2 Å². The molecular formula is C20H27N3O3S. The maximum Gasteiger partial charge on any atom is 0.329 e. The number of thiophene rings is 1. The van der Waals surface area contributed by atoms with Crippen molar-refractivity contribution in [3.63, 3.8) is 0 Å². The SMILES string of the molecule is CCC(C(=O)OC)n1c(CN2CCCC2)nc2sc3c(c2c1=O)CCCC3. The number of nitrogens with zero attached hydrogens (tertiary/aromatic N) is 3. The number of carbonyl (C=O) groups is 1. The van der Waals surface area contributed by atoms with Gasteiger partial charge in [0.05, 0.1) is 19.0 Å². The third kappa shape index (κ3) is 3.31. The van der Waals surface area contributed by atoms with Crippen molar-refractivity contribution in [2.24, 2.45) is 0 Å². The monoisotopic (exact) mass is 389 g/mol. The van der Waals surface area contributed by atoms with Crippen molar-refractivity contribution in [1.82, 2.24) is 14.5 Å². The smallest absolute Gasteiger partial charge is 0.329 e. The zero-order valence-corrected chi connectivity index (χ0v) is 16.9. The predicted molar refractivity (Wildman–Crippen MR) is 106 cm³/mol. The number of esters is 1. The Morgan fingerprint density at radius 2 is 1.96 bits per heavy atom. The van der Waals surface area contributed by atoms with Gasteiger partial charge in [-0.1, -0.05) is 6.92 Å². The molecule has 6 nitrogen and oxygen atoms in total. The number of hydrogen-bond acceptors (Lipinski definition) is 6. The molecule has 146 valence electrons. The van der Waals surface area contributed by atoms with Crippen LogP contribution in [-0.2, 0) is 28.9 Å². The van der Waals surface area contributed by atoms with Crippen molar-refractivity contribution < 1.29 is 9.53 Å². The van der Waals surface area contributed by atoms with Crippen LogP contribution in [0.3, 0.4) is 0 Å². The lowest BCUT2D eigenvalue weighted by atomic mass is 9.97. The van der Waals surface area contributed by atoms with E-state index in [1.54, 1.807) is 15.9 Å². The second kappa shape index (κ2) is 7.72. The number of hydrogen-bond donors (Lipinski definition) is 0. The minimum absolute atomic E-state index is 0.0640. The number of rotatable bonds is 5. The summed E-state index contributed by atoms with van der Waals surface area (Å²) >= 11 is 1.67. The minimum Gasteiger partial charge on any atom is -0.467 e. The third-order valence-electron chi connectivity index (χ3n) is 5.83. The number of likely N-dealkylation sites (tertiary alicyclic amines) is 1. The summed E-state index contributed by atoms with van der Waals surface area (Å²) in [7, 11) is 1.38. The van der Waals surface area contributed by atoms with E-state index in [4.69, 9.17) is 9.72 Å². The number of aromatic nitrogens is 2. The summed E-state index contributed by atoms with van der Waals surface area (Å²) in [5.41, 5.74) is 1.10. The molecule has 1 unspecified atom stereocenters. The molecule has 1 atom stereocenters. The zero-order valence-electron chi connectivity index (χ0n) is 16.1. The van der Waals surface area contributed by atoms with Gasteiger partial charge in [0.25, 0.3) is 5.56 Å². The average molecular weight is 390 g/mol. The molecule has 3 heterocycles. The van der Waals surface area contributed by atoms with Crippen LogP contribution in [-0.4, -0.2) is 40.6 Å². The maximum atomic E-state index is 13.6.